The summed E-state index contributed by atoms with van der Waals surface area (Å²) in [6, 6.07) is 10.6. The van der Waals surface area contributed by atoms with Crippen LogP contribution in [0.2, 0.25) is 0 Å². The highest BCUT2D eigenvalue weighted by molar-refractivity contribution is 9.10. The van der Waals surface area contributed by atoms with E-state index in [1.165, 1.54) is 12.1 Å². The SMILES string of the molecule is Cc1cc(F)ccc1-n1c(CCl)nc2ccc(Br)cc21. The number of hydrogen-bond acceptors (Lipinski definition) is 1. The highest BCUT2D eigenvalue weighted by Gasteiger charge is 2.14. The minimum absolute atomic E-state index is 0.246. The summed E-state index contributed by atoms with van der Waals surface area (Å²) in [6.45, 7) is 1.88. The van der Waals surface area contributed by atoms with E-state index in [-0.39, 0.29) is 5.82 Å². The predicted molar refractivity (Wildman–Crippen MR) is 83.0 cm³/mol. The third-order valence-electron chi connectivity index (χ3n) is 3.21. The molecule has 2 aromatic carbocycles. The summed E-state index contributed by atoms with van der Waals surface area (Å²) in [5.74, 6) is 0.794. The van der Waals surface area contributed by atoms with Gasteiger partial charge in [0.25, 0.3) is 0 Å². The van der Waals surface area contributed by atoms with Crippen molar-refractivity contribution < 1.29 is 4.39 Å². The summed E-state index contributed by atoms with van der Waals surface area (Å²) in [7, 11) is 0. The molecule has 0 atom stereocenters. The number of alkyl halides is 1. The molecule has 102 valence electrons. The monoisotopic (exact) mass is 352 g/mol. The molecular formula is C15H11BrClFN2. The molecule has 3 rings (SSSR count). The second-order valence-electron chi connectivity index (χ2n) is 4.56. The van der Waals surface area contributed by atoms with E-state index in [0.29, 0.717) is 5.88 Å². The Kier molecular flexibility index (Phi) is 3.52. The van der Waals surface area contributed by atoms with Crippen LogP contribution in [0.4, 0.5) is 4.39 Å². The molecule has 0 bridgehead atoms. The van der Waals surface area contributed by atoms with Crippen molar-refractivity contribution in [3.63, 3.8) is 0 Å². The summed E-state index contributed by atoms with van der Waals surface area (Å²) in [6.07, 6.45) is 0. The Morgan fingerprint density at radius 3 is 2.75 bits per heavy atom. The summed E-state index contributed by atoms with van der Waals surface area (Å²) in [4.78, 5) is 4.53. The van der Waals surface area contributed by atoms with Crippen LogP contribution in [0.3, 0.4) is 0 Å². The smallest absolute Gasteiger partial charge is 0.129 e. The average molecular weight is 354 g/mol. The van der Waals surface area contributed by atoms with Crippen LogP contribution in [0.15, 0.2) is 40.9 Å². The zero-order valence-electron chi connectivity index (χ0n) is 10.7. The number of nitrogens with zero attached hydrogens (tertiary/aromatic N) is 2. The average Bonchev–Trinajstić information content (AvgIpc) is 2.76. The molecule has 0 aliphatic rings. The van der Waals surface area contributed by atoms with Gasteiger partial charge in [-0.15, -0.1) is 11.6 Å². The maximum absolute atomic E-state index is 13.3. The minimum atomic E-state index is -0.246. The molecule has 0 amide bonds. The van der Waals surface area contributed by atoms with E-state index >= 15 is 0 Å². The Hall–Kier alpha value is -1.39. The van der Waals surface area contributed by atoms with Gasteiger partial charge in [0, 0.05) is 4.47 Å². The van der Waals surface area contributed by atoms with E-state index in [2.05, 4.69) is 20.9 Å². The van der Waals surface area contributed by atoms with Crippen LogP contribution in [-0.4, -0.2) is 9.55 Å². The topological polar surface area (TPSA) is 17.8 Å². The molecule has 0 unspecified atom stereocenters. The van der Waals surface area contributed by atoms with Crippen LogP contribution in [0.25, 0.3) is 16.7 Å². The van der Waals surface area contributed by atoms with Gasteiger partial charge in [-0.1, -0.05) is 15.9 Å². The molecule has 0 aliphatic carbocycles. The molecule has 0 aliphatic heterocycles. The van der Waals surface area contributed by atoms with Crippen molar-refractivity contribution in [1.29, 1.82) is 0 Å². The Morgan fingerprint density at radius 2 is 2.05 bits per heavy atom. The molecule has 3 aromatic rings. The fourth-order valence-electron chi connectivity index (χ4n) is 2.33. The fourth-order valence-corrected chi connectivity index (χ4v) is 2.85. The fraction of sp³-hybridized carbons (Fsp3) is 0.133. The lowest BCUT2D eigenvalue weighted by Gasteiger charge is -2.11. The van der Waals surface area contributed by atoms with Gasteiger partial charge < -0.3 is 0 Å². The number of hydrogen-bond donors (Lipinski definition) is 0. The highest BCUT2D eigenvalue weighted by atomic mass is 79.9. The van der Waals surface area contributed by atoms with Crippen molar-refractivity contribution in [2.75, 3.05) is 0 Å². The molecule has 1 heterocycles. The largest absolute Gasteiger partial charge is 0.295 e. The first-order valence-electron chi connectivity index (χ1n) is 6.09. The lowest BCUT2D eigenvalue weighted by atomic mass is 10.2. The minimum Gasteiger partial charge on any atom is -0.295 e. The number of halogens is 3. The summed E-state index contributed by atoms with van der Waals surface area (Å²) in [5.41, 5.74) is 3.55. The lowest BCUT2D eigenvalue weighted by Crippen LogP contribution is -2.02. The van der Waals surface area contributed by atoms with Crippen LogP contribution in [0.5, 0.6) is 0 Å². The van der Waals surface area contributed by atoms with Crippen LogP contribution >= 0.6 is 27.5 Å². The second kappa shape index (κ2) is 5.19. The van der Waals surface area contributed by atoms with Crippen LogP contribution < -0.4 is 0 Å². The van der Waals surface area contributed by atoms with Gasteiger partial charge in [-0.3, -0.25) is 4.57 Å². The van der Waals surface area contributed by atoms with E-state index in [1.807, 2.05) is 29.7 Å². The zero-order chi connectivity index (χ0) is 14.3. The predicted octanol–water partition coefficient (Wildman–Crippen LogP) is 4.97. The standard InChI is InChI=1S/C15H11BrClFN2/c1-9-6-11(18)3-5-13(9)20-14-7-10(16)2-4-12(14)19-15(20)8-17/h2-7H,8H2,1H3. The number of benzene rings is 2. The van der Waals surface area contributed by atoms with Crippen LogP contribution in [-0.2, 0) is 5.88 Å². The zero-order valence-corrected chi connectivity index (χ0v) is 13.0. The number of fused-ring (bicyclic) bond motifs is 1. The van der Waals surface area contributed by atoms with E-state index < -0.39 is 0 Å². The second-order valence-corrected chi connectivity index (χ2v) is 5.74. The Labute approximate surface area is 129 Å². The Morgan fingerprint density at radius 1 is 1.25 bits per heavy atom. The maximum atomic E-state index is 13.3. The van der Waals surface area contributed by atoms with Gasteiger partial charge in [0.15, 0.2) is 0 Å². The van der Waals surface area contributed by atoms with Gasteiger partial charge in [0.2, 0.25) is 0 Å². The quantitative estimate of drug-likeness (QED) is 0.594. The Bertz CT molecular complexity index is 798. The van der Waals surface area contributed by atoms with Gasteiger partial charge in [-0.05, 0) is 48.9 Å². The molecule has 2 nitrogen and oxygen atoms in total. The van der Waals surface area contributed by atoms with Crippen molar-refractivity contribution in [3.8, 4) is 5.69 Å². The molecule has 0 fully saturated rings. The normalized spacial score (nSPS) is 11.2. The van der Waals surface area contributed by atoms with E-state index in [4.69, 9.17) is 11.6 Å². The first kappa shape index (κ1) is 13.6. The third-order valence-corrected chi connectivity index (χ3v) is 3.94. The number of rotatable bonds is 2. The number of imidazole rings is 1. The Balaban J connectivity index is 2.36. The van der Waals surface area contributed by atoms with Gasteiger partial charge in [-0.2, -0.15) is 0 Å². The summed E-state index contributed by atoms with van der Waals surface area (Å²) < 4.78 is 16.2. The van der Waals surface area contributed by atoms with Gasteiger partial charge in [0.1, 0.15) is 11.6 Å². The molecule has 1 aromatic heterocycles. The van der Waals surface area contributed by atoms with Crippen molar-refractivity contribution >= 4 is 38.6 Å². The first-order valence-corrected chi connectivity index (χ1v) is 7.42. The molecule has 5 heteroatoms. The lowest BCUT2D eigenvalue weighted by molar-refractivity contribution is 0.626. The summed E-state index contributed by atoms with van der Waals surface area (Å²) in [5, 5.41) is 0. The van der Waals surface area contributed by atoms with Crippen molar-refractivity contribution in [3.05, 3.63) is 58.1 Å². The van der Waals surface area contributed by atoms with Crippen molar-refractivity contribution in [2.24, 2.45) is 0 Å². The molecule has 20 heavy (non-hydrogen) atoms. The van der Waals surface area contributed by atoms with E-state index in [9.17, 15) is 4.39 Å². The molecule has 0 saturated heterocycles. The van der Waals surface area contributed by atoms with Crippen molar-refractivity contribution in [1.82, 2.24) is 9.55 Å². The van der Waals surface area contributed by atoms with E-state index in [0.717, 1.165) is 32.6 Å². The summed E-state index contributed by atoms with van der Waals surface area (Å²) >= 11 is 9.47. The van der Waals surface area contributed by atoms with Gasteiger partial charge >= 0.3 is 0 Å². The molecule has 0 radical (unpaired) electrons. The van der Waals surface area contributed by atoms with Gasteiger partial charge in [-0.25, -0.2) is 9.37 Å². The molecular weight excluding hydrogens is 343 g/mol. The third kappa shape index (κ3) is 2.23. The number of aryl methyl sites for hydroxylation is 1. The maximum Gasteiger partial charge on any atom is 0.129 e. The number of aromatic nitrogens is 2. The molecule has 0 saturated carbocycles. The molecule has 0 spiro atoms. The highest BCUT2D eigenvalue weighted by Crippen LogP contribution is 2.27. The van der Waals surface area contributed by atoms with Crippen LogP contribution in [0, 0.1) is 12.7 Å². The first-order chi connectivity index (χ1) is 9.60. The molecule has 0 N–H and O–H groups in total. The van der Waals surface area contributed by atoms with E-state index in [1.54, 1.807) is 6.07 Å². The van der Waals surface area contributed by atoms with Crippen LogP contribution in [0.1, 0.15) is 11.4 Å². The van der Waals surface area contributed by atoms with Crippen molar-refractivity contribution in [2.45, 2.75) is 12.8 Å². The van der Waals surface area contributed by atoms with Gasteiger partial charge in [0.05, 0.1) is 22.6 Å².